The minimum absolute atomic E-state index is 0.399. The summed E-state index contributed by atoms with van der Waals surface area (Å²) in [5.74, 6) is 0. The number of halogens is 1. The molecule has 2 atom stereocenters. The molecule has 0 amide bonds. The van der Waals surface area contributed by atoms with Crippen LogP contribution >= 0.6 is 11.6 Å². The zero-order valence-electron chi connectivity index (χ0n) is 11.4. The summed E-state index contributed by atoms with van der Waals surface area (Å²) >= 11 is 6.02. The summed E-state index contributed by atoms with van der Waals surface area (Å²) in [6, 6.07) is 19.6. The van der Waals surface area contributed by atoms with Crippen LogP contribution in [0.15, 0.2) is 54.6 Å². The molecule has 1 heterocycles. The summed E-state index contributed by atoms with van der Waals surface area (Å²) < 4.78 is 0. The van der Waals surface area contributed by atoms with Crippen molar-refractivity contribution < 1.29 is 0 Å². The van der Waals surface area contributed by atoms with E-state index in [1.165, 1.54) is 11.1 Å². The highest BCUT2D eigenvalue weighted by Gasteiger charge is 2.27. The van der Waals surface area contributed by atoms with E-state index in [0.717, 1.165) is 24.5 Å². The van der Waals surface area contributed by atoms with E-state index in [1.807, 2.05) is 18.2 Å². The van der Waals surface area contributed by atoms with Crippen LogP contribution < -0.4 is 10.6 Å². The fourth-order valence-corrected chi connectivity index (χ4v) is 3.04. The molecule has 0 spiro atoms. The van der Waals surface area contributed by atoms with Gasteiger partial charge in [-0.05, 0) is 36.2 Å². The van der Waals surface area contributed by atoms with Crippen LogP contribution in [-0.2, 0) is 6.54 Å². The van der Waals surface area contributed by atoms with Gasteiger partial charge in [0.1, 0.15) is 0 Å². The van der Waals surface area contributed by atoms with Crippen molar-refractivity contribution in [2.75, 3.05) is 6.54 Å². The third-order valence-corrected chi connectivity index (χ3v) is 4.07. The van der Waals surface area contributed by atoms with Crippen molar-refractivity contribution in [3.05, 3.63) is 70.7 Å². The molecule has 104 valence electrons. The highest BCUT2D eigenvalue weighted by molar-refractivity contribution is 6.30. The molecule has 2 aromatic rings. The van der Waals surface area contributed by atoms with Gasteiger partial charge in [0, 0.05) is 23.7 Å². The molecular weight excluding hydrogens is 268 g/mol. The first-order valence-electron chi connectivity index (χ1n) is 7.09. The fourth-order valence-electron chi connectivity index (χ4n) is 2.83. The Labute approximate surface area is 125 Å². The van der Waals surface area contributed by atoms with Crippen LogP contribution in [0.4, 0.5) is 0 Å². The van der Waals surface area contributed by atoms with E-state index in [2.05, 4.69) is 47.0 Å². The highest BCUT2D eigenvalue weighted by atomic mass is 35.5. The van der Waals surface area contributed by atoms with E-state index in [-0.39, 0.29) is 0 Å². The largest absolute Gasteiger partial charge is 0.309 e. The monoisotopic (exact) mass is 286 g/mol. The Hall–Kier alpha value is -1.35. The summed E-state index contributed by atoms with van der Waals surface area (Å²) in [5, 5.41) is 8.03. The Bertz CT molecular complexity index is 556. The zero-order valence-corrected chi connectivity index (χ0v) is 12.1. The van der Waals surface area contributed by atoms with Gasteiger partial charge in [0.2, 0.25) is 0 Å². The molecule has 1 aliphatic rings. The molecule has 0 unspecified atom stereocenters. The molecule has 3 heteroatoms. The summed E-state index contributed by atoms with van der Waals surface area (Å²) in [6.45, 7) is 1.92. The summed E-state index contributed by atoms with van der Waals surface area (Å²) in [5.41, 5.74) is 2.59. The van der Waals surface area contributed by atoms with E-state index >= 15 is 0 Å². The molecule has 0 bridgehead atoms. The minimum Gasteiger partial charge on any atom is -0.309 e. The van der Waals surface area contributed by atoms with E-state index < -0.39 is 0 Å². The summed E-state index contributed by atoms with van der Waals surface area (Å²) in [7, 11) is 0. The predicted molar refractivity (Wildman–Crippen MR) is 83.9 cm³/mol. The van der Waals surface area contributed by atoms with Gasteiger partial charge in [0.25, 0.3) is 0 Å². The molecule has 3 rings (SSSR count). The van der Waals surface area contributed by atoms with Crippen molar-refractivity contribution in [3.8, 4) is 0 Å². The van der Waals surface area contributed by atoms with Gasteiger partial charge in [-0.25, -0.2) is 0 Å². The maximum absolute atomic E-state index is 6.02. The van der Waals surface area contributed by atoms with Gasteiger partial charge < -0.3 is 10.6 Å². The van der Waals surface area contributed by atoms with Crippen molar-refractivity contribution in [3.63, 3.8) is 0 Å². The number of rotatable bonds is 4. The molecule has 1 fully saturated rings. The zero-order chi connectivity index (χ0) is 13.8. The van der Waals surface area contributed by atoms with Gasteiger partial charge in [0.15, 0.2) is 0 Å². The SMILES string of the molecule is Clc1cccc(CN[C@H]2CCN[C@H]2c2ccccc2)c1. The molecule has 1 aliphatic heterocycles. The standard InChI is InChI=1S/C17H19ClN2/c18-15-8-4-5-13(11-15)12-20-16-9-10-19-17(16)14-6-2-1-3-7-14/h1-8,11,16-17,19-20H,9-10,12H2/t16-,17-/m0/s1. The maximum atomic E-state index is 6.02. The van der Waals surface area contributed by atoms with Gasteiger partial charge in [-0.15, -0.1) is 0 Å². The van der Waals surface area contributed by atoms with E-state index in [9.17, 15) is 0 Å². The second-order valence-electron chi connectivity index (χ2n) is 5.25. The molecule has 2 N–H and O–H groups in total. The minimum atomic E-state index is 0.399. The quantitative estimate of drug-likeness (QED) is 0.898. The normalized spacial score (nSPS) is 22.1. The average molecular weight is 287 g/mol. The van der Waals surface area contributed by atoms with Crippen LogP contribution in [0.3, 0.4) is 0 Å². The first-order valence-corrected chi connectivity index (χ1v) is 7.47. The highest BCUT2D eigenvalue weighted by Crippen LogP contribution is 2.24. The average Bonchev–Trinajstić information content (AvgIpc) is 2.95. The first kappa shape index (κ1) is 13.6. The van der Waals surface area contributed by atoms with Crippen LogP contribution in [0.5, 0.6) is 0 Å². The third-order valence-electron chi connectivity index (χ3n) is 3.84. The number of hydrogen-bond acceptors (Lipinski definition) is 2. The number of hydrogen-bond donors (Lipinski definition) is 2. The van der Waals surface area contributed by atoms with Crippen LogP contribution in [-0.4, -0.2) is 12.6 Å². The molecule has 2 aromatic carbocycles. The van der Waals surface area contributed by atoms with Gasteiger partial charge in [-0.2, -0.15) is 0 Å². The Morgan fingerprint density at radius 3 is 2.75 bits per heavy atom. The molecule has 0 aromatic heterocycles. The van der Waals surface area contributed by atoms with Crippen LogP contribution in [0, 0.1) is 0 Å². The van der Waals surface area contributed by atoms with Crippen molar-refractivity contribution in [2.45, 2.75) is 25.0 Å². The Morgan fingerprint density at radius 1 is 1.10 bits per heavy atom. The molecule has 20 heavy (non-hydrogen) atoms. The van der Waals surface area contributed by atoms with Crippen LogP contribution in [0.25, 0.3) is 0 Å². The van der Waals surface area contributed by atoms with Gasteiger partial charge in [-0.1, -0.05) is 54.1 Å². The Kier molecular flexibility index (Phi) is 4.36. The second kappa shape index (κ2) is 6.40. The summed E-state index contributed by atoms with van der Waals surface area (Å²) in [6.07, 6.45) is 1.15. The maximum Gasteiger partial charge on any atom is 0.0476 e. The van der Waals surface area contributed by atoms with Crippen molar-refractivity contribution in [1.29, 1.82) is 0 Å². The fraction of sp³-hybridized carbons (Fsp3) is 0.294. The topological polar surface area (TPSA) is 24.1 Å². The number of nitrogens with one attached hydrogen (secondary N) is 2. The van der Waals surface area contributed by atoms with E-state index in [1.54, 1.807) is 0 Å². The van der Waals surface area contributed by atoms with Gasteiger partial charge >= 0.3 is 0 Å². The third kappa shape index (κ3) is 3.21. The number of benzene rings is 2. The van der Waals surface area contributed by atoms with Crippen LogP contribution in [0.1, 0.15) is 23.6 Å². The first-order chi connectivity index (χ1) is 9.83. The van der Waals surface area contributed by atoms with Crippen molar-refractivity contribution >= 4 is 11.6 Å². The second-order valence-corrected chi connectivity index (χ2v) is 5.68. The molecule has 0 radical (unpaired) electrons. The summed E-state index contributed by atoms with van der Waals surface area (Å²) in [4.78, 5) is 0. The Morgan fingerprint density at radius 2 is 1.95 bits per heavy atom. The smallest absolute Gasteiger partial charge is 0.0476 e. The van der Waals surface area contributed by atoms with Crippen molar-refractivity contribution in [1.82, 2.24) is 10.6 Å². The molecule has 0 aliphatic carbocycles. The van der Waals surface area contributed by atoms with Crippen LogP contribution in [0.2, 0.25) is 5.02 Å². The van der Waals surface area contributed by atoms with Gasteiger partial charge in [0.05, 0.1) is 0 Å². The molecule has 1 saturated heterocycles. The van der Waals surface area contributed by atoms with E-state index in [0.29, 0.717) is 12.1 Å². The Balaban J connectivity index is 1.65. The molecular formula is C17H19ClN2. The van der Waals surface area contributed by atoms with E-state index in [4.69, 9.17) is 11.6 Å². The predicted octanol–water partition coefficient (Wildman–Crippen LogP) is 3.53. The molecule has 2 nitrogen and oxygen atoms in total. The lowest BCUT2D eigenvalue weighted by atomic mass is 10.0. The van der Waals surface area contributed by atoms with Crippen molar-refractivity contribution in [2.24, 2.45) is 0 Å². The van der Waals surface area contributed by atoms with Gasteiger partial charge in [-0.3, -0.25) is 0 Å². The lowest BCUT2D eigenvalue weighted by Gasteiger charge is -2.21. The lowest BCUT2D eigenvalue weighted by molar-refractivity contribution is 0.461. The molecule has 0 saturated carbocycles. The lowest BCUT2D eigenvalue weighted by Crippen LogP contribution is -2.33.